The lowest BCUT2D eigenvalue weighted by Gasteiger charge is -2.34. The molecule has 0 unspecified atom stereocenters. The first-order chi connectivity index (χ1) is 17.1. The third-order valence-corrected chi connectivity index (χ3v) is 6.20. The van der Waals surface area contributed by atoms with Gasteiger partial charge in [0.2, 0.25) is 0 Å². The molecule has 0 spiro atoms. The minimum atomic E-state index is -0.0809. The fraction of sp³-hybridized carbons (Fsp3) is 0.179. The zero-order valence-electron chi connectivity index (χ0n) is 19.5. The van der Waals surface area contributed by atoms with Crippen LogP contribution in [0.4, 0.5) is 0 Å². The van der Waals surface area contributed by atoms with Crippen molar-refractivity contribution in [3.8, 4) is 22.7 Å². The van der Waals surface area contributed by atoms with Crippen LogP contribution in [-0.2, 0) is 0 Å². The molecule has 1 fully saturated rings. The van der Waals surface area contributed by atoms with Gasteiger partial charge in [0.1, 0.15) is 11.4 Å². The van der Waals surface area contributed by atoms with E-state index in [1.165, 1.54) is 0 Å². The molecule has 3 aromatic carbocycles. The number of rotatable bonds is 5. The highest BCUT2D eigenvalue weighted by atomic mass is 16.5. The summed E-state index contributed by atoms with van der Waals surface area (Å²) in [5, 5.41) is 4.76. The topological polar surface area (TPSA) is 67.7 Å². The first-order valence-corrected chi connectivity index (χ1v) is 11.6. The number of amides is 2. The maximum atomic E-state index is 13.6. The molecule has 0 saturated carbocycles. The van der Waals surface area contributed by atoms with Crippen molar-refractivity contribution in [3.05, 3.63) is 102 Å². The number of piperazine rings is 1. The van der Waals surface area contributed by atoms with Crippen molar-refractivity contribution >= 4 is 11.8 Å². The summed E-state index contributed by atoms with van der Waals surface area (Å²) in [6.07, 6.45) is 1.80. The normalized spacial score (nSPS) is 13.5. The standard InChI is InChI=1S/C28H26N4O3/c1-35-24-14-12-22(13-15-24)27(33)30-16-18-31(19-17-30)28(34)25-20-32(23-10-6-3-7-11-23)29-26(25)21-8-4-2-5-9-21/h2-15,20H,16-19H2,1H3. The van der Waals surface area contributed by atoms with Crippen LogP contribution in [0.5, 0.6) is 5.75 Å². The van der Waals surface area contributed by atoms with Crippen molar-refractivity contribution in [1.82, 2.24) is 19.6 Å². The lowest BCUT2D eigenvalue weighted by atomic mass is 10.1. The van der Waals surface area contributed by atoms with Crippen LogP contribution >= 0.6 is 0 Å². The van der Waals surface area contributed by atoms with Gasteiger partial charge in [-0.1, -0.05) is 48.5 Å². The Kier molecular flexibility index (Phi) is 6.30. The number of carbonyl (C=O) groups is 2. The fourth-order valence-corrected chi connectivity index (χ4v) is 4.25. The number of hydrogen-bond donors (Lipinski definition) is 0. The molecule has 0 bridgehead atoms. The molecule has 1 aromatic heterocycles. The molecule has 35 heavy (non-hydrogen) atoms. The van der Waals surface area contributed by atoms with Gasteiger partial charge >= 0.3 is 0 Å². The summed E-state index contributed by atoms with van der Waals surface area (Å²) in [7, 11) is 1.60. The van der Waals surface area contributed by atoms with Gasteiger partial charge in [0.05, 0.1) is 18.4 Å². The van der Waals surface area contributed by atoms with E-state index < -0.39 is 0 Å². The zero-order chi connectivity index (χ0) is 24.2. The van der Waals surface area contributed by atoms with Crippen molar-refractivity contribution in [3.63, 3.8) is 0 Å². The van der Waals surface area contributed by atoms with Crippen molar-refractivity contribution < 1.29 is 14.3 Å². The molecule has 7 heteroatoms. The van der Waals surface area contributed by atoms with Gasteiger partial charge in [-0.15, -0.1) is 0 Å². The van der Waals surface area contributed by atoms with Crippen LogP contribution in [0.25, 0.3) is 16.9 Å². The van der Waals surface area contributed by atoms with Gasteiger partial charge in [-0.2, -0.15) is 5.10 Å². The van der Waals surface area contributed by atoms with Crippen molar-refractivity contribution in [2.45, 2.75) is 0 Å². The van der Waals surface area contributed by atoms with Gasteiger partial charge in [0.15, 0.2) is 0 Å². The Balaban J connectivity index is 1.35. The molecule has 2 amide bonds. The van der Waals surface area contributed by atoms with Gasteiger partial charge < -0.3 is 14.5 Å². The van der Waals surface area contributed by atoms with E-state index in [0.29, 0.717) is 48.7 Å². The van der Waals surface area contributed by atoms with Crippen LogP contribution in [0.15, 0.2) is 91.1 Å². The highest BCUT2D eigenvalue weighted by Gasteiger charge is 2.28. The lowest BCUT2D eigenvalue weighted by molar-refractivity contribution is 0.0536. The minimum absolute atomic E-state index is 0.0402. The molecule has 1 aliphatic heterocycles. The maximum Gasteiger partial charge on any atom is 0.257 e. The molecule has 0 radical (unpaired) electrons. The quantitative estimate of drug-likeness (QED) is 0.443. The largest absolute Gasteiger partial charge is 0.497 e. The second kappa shape index (κ2) is 9.85. The average molecular weight is 467 g/mol. The summed E-state index contributed by atoms with van der Waals surface area (Å²) in [6.45, 7) is 1.88. The second-order valence-electron chi connectivity index (χ2n) is 8.35. The van der Waals surface area contributed by atoms with Crippen molar-refractivity contribution in [1.29, 1.82) is 0 Å². The third kappa shape index (κ3) is 4.66. The smallest absolute Gasteiger partial charge is 0.257 e. The van der Waals surface area contributed by atoms with Crippen LogP contribution in [0.3, 0.4) is 0 Å². The first kappa shape index (κ1) is 22.4. The number of para-hydroxylation sites is 1. The van der Waals surface area contributed by atoms with E-state index in [2.05, 4.69) is 0 Å². The van der Waals surface area contributed by atoms with Crippen molar-refractivity contribution in [2.24, 2.45) is 0 Å². The Labute approximate surface area is 204 Å². The fourth-order valence-electron chi connectivity index (χ4n) is 4.25. The molecule has 176 valence electrons. The zero-order valence-corrected chi connectivity index (χ0v) is 19.5. The van der Waals surface area contributed by atoms with E-state index in [-0.39, 0.29) is 11.8 Å². The molecule has 2 heterocycles. The molecule has 4 aromatic rings. The summed E-state index contributed by atoms with van der Waals surface area (Å²) in [5.74, 6) is 0.589. The minimum Gasteiger partial charge on any atom is -0.497 e. The monoisotopic (exact) mass is 466 g/mol. The summed E-state index contributed by atoms with van der Waals surface area (Å²) >= 11 is 0. The Morgan fingerprint density at radius 3 is 1.91 bits per heavy atom. The Hall–Kier alpha value is -4.39. The first-order valence-electron chi connectivity index (χ1n) is 11.6. The van der Waals surface area contributed by atoms with Crippen molar-refractivity contribution in [2.75, 3.05) is 33.3 Å². The number of hydrogen-bond acceptors (Lipinski definition) is 4. The predicted molar refractivity (Wildman–Crippen MR) is 134 cm³/mol. The highest BCUT2D eigenvalue weighted by molar-refractivity contribution is 6.00. The summed E-state index contributed by atoms with van der Waals surface area (Å²) in [6, 6.07) is 26.6. The number of aromatic nitrogens is 2. The Bertz CT molecular complexity index is 1310. The van der Waals surface area contributed by atoms with Gasteiger partial charge in [0, 0.05) is 43.5 Å². The van der Waals surface area contributed by atoms with E-state index in [1.807, 2.05) is 60.7 Å². The molecule has 0 atom stereocenters. The van der Waals surface area contributed by atoms with E-state index in [9.17, 15) is 9.59 Å². The van der Waals surface area contributed by atoms with Gasteiger partial charge in [0.25, 0.3) is 11.8 Å². The van der Waals surface area contributed by atoms with Gasteiger partial charge in [-0.3, -0.25) is 9.59 Å². The molecule has 7 nitrogen and oxygen atoms in total. The molecule has 0 N–H and O–H groups in total. The SMILES string of the molecule is COc1ccc(C(=O)N2CCN(C(=O)c3cn(-c4ccccc4)nc3-c3ccccc3)CC2)cc1. The predicted octanol–water partition coefficient (Wildman–Crippen LogP) is 4.15. The number of carbonyl (C=O) groups excluding carboxylic acids is 2. The van der Waals surface area contributed by atoms with Crippen LogP contribution in [-0.4, -0.2) is 64.7 Å². The third-order valence-electron chi connectivity index (χ3n) is 6.20. The molecule has 1 saturated heterocycles. The van der Waals surface area contributed by atoms with Crippen LogP contribution in [0.2, 0.25) is 0 Å². The average Bonchev–Trinajstić information content (AvgIpc) is 3.39. The number of nitrogens with zero attached hydrogens (tertiary/aromatic N) is 4. The summed E-state index contributed by atoms with van der Waals surface area (Å²) < 4.78 is 6.92. The van der Waals surface area contributed by atoms with E-state index >= 15 is 0 Å². The molecular weight excluding hydrogens is 440 g/mol. The summed E-state index contributed by atoms with van der Waals surface area (Å²) in [4.78, 5) is 30.1. The number of methoxy groups -OCH3 is 1. The lowest BCUT2D eigenvalue weighted by Crippen LogP contribution is -2.50. The second-order valence-corrected chi connectivity index (χ2v) is 8.35. The molecule has 1 aliphatic rings. The number of ether oxygens (including phenoxy) is 1. The van der Waals surface area contributed by atoms with E-state index in [1.54, 1.807) is 52.1 Å². The maximum absolute atomic E-state index is 13.6. The van der Waals surface area contributed by atoms with E-state index in [0.717, 1.165) is 11.3 Å². The Morgan fingerprint density at radius 2 is 1.31 bits per heavy atom. The van der Waals surface area contributed by atoms with Gasteiger partial charge in [-0.25, -0.2) is 4.68 Å². The van der Waals surface area contributed by atoms with Crippen LogP contribution in [0, 0.1) is 0 Å². The Morgan fingerprint density at radius 1 is 0.743 bits per heavy atom. The van der Waals surface area contributed by atoms with Crippen LogP contribution in [0.1, 0.15) is 20.7 Å². The molecule has 5 rings (SSSR count). The van der Waals surface area contributed by atoms with Crippen LogP contribution < -0.4 is 4.74 Å². The molecule has 0 aliphatic carbocycles. The summed E-state index contributed by atoms with van der Waals surface area (Å²) in [5.41, 5.74) is 3.59. The van der Waals surface area contributed by atoms with E-state index in [4.69, 9.17) is 9.84 Å². The van der Waals surface area contributed by atoms with Gasteiger partial charge in [-0.05, 0) is 36.4 Å². The number of benzene rings is 3. The molecular formula is C28H26N4O3. The highest BCUT2D eigenvalue weighted by Crippen LogP contribution is 2.25.